The predicted octanol–water partition coefficient (Wildman–Crippen LogP) is 3.76. The Balaban J connectivity index is 2.91. The molecule has 0 saturated heterocycles. The SMILES string of the molecule is C=C[Si](C)(C)C(C)c1ccccc1. The summed E-state index contributed by atoms with van der Waals surface area (Å²) in [5.41, 5.74) is 4.27. The van der Waals surface area contributed by atoms with E-state index in [1.165, 1.54) is 5.56 Å². The van der Waals surface area contributed by atoms with Crippen molar-refractivity contribution in [2.45, 2.75) is 25.6 Å². The standard InChI is InChI=1S/C12H18Si/c1-5-13(3,4)11(2)12-9-7-6-8-10-12/h5-11H,1H2,2-4H3. The van der Waals surface area contributed by atoms with Gasteiger partial charge in [0.2, 0.25) is 0 Å². The molecule has 0 N–H and O–H groups in total. The summed E-state index contributed by atoms with van der Waals surface area (Å²) in [6.07, 6.45) is 0. The first-order chi connectivity index (χ1) is 6.08. The molecule has 0 aliphatic carbocycles. The lowest BCUT2D eigenvalue weighted by Crippen LogP contribution is -2.30. The minimum Gasteiger partial charge on any atom is -0.107 e. The highest BCUT2D eigenvalue weighted by Gasteiger charge is 2.25. The molecule has 0 nitrogen and oxygen atoms in total. The molecule has 1 rings (SSSR count). The van der Waals surface area contributed by atoms with Gasteiger partial charge in [-0.2, -0.15) is 0 Å². The van der Waals surface area contributed by atoms with Crippen LogP contribution in [0.15, 0.2) is 42.6 Å². The van der Waals surface area contributed by atoms with Gasteiger partial charge in [0, 0.05) is 0 Å². The second kappa shape index (κ2) is 3.92. The fraction of sp³-hybridized carbons (Fsp3) is 0.333. The van der Waals surface area contributed by atoms with E-state index < -0.39 is 8.07 Å². The summed E-state index contributed by atoms with van der Waals surface area (Å²) in [5.74, 6) is 0. The summed E-state index contributed by atoms with van der Waals surface area (Å²) in [4.78, 5) is 0. The Bertz CT molecular complexity index is 274. The third-order valence-electron chi connectivity index (χ3n) is 2.94. The Kier molecular flexibility index (Phi) is 3.10. The highest BCUT2D eigenvalue weighted by Crippen LogP contribution is 2.26. The van der Waals surface area contributed by atoms with Crippen molar-refractivity contribution in [3.63, 3.8) is 0 Å². The molecule has 0 fully saturated rings. The van der Waals surface area contributed by atoms with Crippen LogP contribution >= 0.6 is 0 Å². The fourth-order valence-electron chi connectivity index (χ4n) is 1.35. The Morgan fingerprint density at radius 2 is 1.77 bits per heavy atom. The van der Waals surface area contributed by atoms with E-state index in [4.69, 9.17) is 0 Å². The molecule has 0 heterocycles. The van der Waals surface area contributed by atoms with Gasteiger partial charge in [-0.1, -0.05) is 50.3 Å². The molecule has 0 saturated carbocycles. The Morgan fingerprint density at radius 3 is 2.23 bits per heavy atom. The molecular formula is C12H18Si. The molecule has 70 valence electrons. The summed E-state index contributed by atoms with van der Waals surface area (Å²) in [6.45, 7) is 11.0. The molecule has 0 aromatic heterocycles. The first-order valence-electron chi connectivity index (χ1n) is 4.76. The van der Waals surface area contributed by atoms with Crippen LogP contribution in [-0.2, 0) is 0 Å². The van der Waals surface area contributed by atoms with Crippen molar-refractivity contribution in [2.75, 3.05) is 0 Å². The van der Waals surface area contributed by atoms with E-state index in [1.807, 2.05) is 0 Å². The quantitative estimate of drug-likeness (QED) is 0.637. The minimum absolute atomic E-state index is 0.659. The van der Waals surface area contributed by atoms with Gasteiger partial charge in [0.05, 0.1) is 8.07 Å². The zero-order valence-electron chi connectivity index (χ0n) is 8.75. The molecule has 0 aliphatic heterocycles. The third kappa shape index (κ3) is 2.31. The topological polar surface area (TPSA) is 0 Å². The molecule has 0 aliphatic rings. The third-order valence-corrected chi connectivity index (χ3v) is 6.56. The van der Waals surface area contributed by atoms with E-state index in [0.717, 1.165) is 0 Å². The number of benzene rings is 1. The monoisotopic (exact) mass is 190 g/mol. The molecule has 1 aromatic rings. The van der Waals surface area contributed by atoms with Gasteiger partial charge in [0.15, 0.2) is 0 Å². The largest absolute Gasteiger partial charge is 0.107 e. The van der Waals surface area contributed by atoms with Gasteiger partial charge in [-0.15, -0.1) is 12.3 Å². The lowest BCUT2D eigenvalue weighted by molar-refractivity contribution is 1.03. The van der Waals surface area contributed by atoms with Crippen molar-refractivity contribution < 1.29 is 0 Å². The Morgan fingerprint density at radius 1 is 1.23 bits per heavy atom. The van der Waals surface area contributed by atoms with E-state index >= 15 is 0 Å². The molecule has 0 amide bonds. The molecule has 13 heavy (non-hydrogen) atoms. The van der Waals surface area contributed by atoms with Crippen molar-refractivity contribution in [1.29, 1.82) is 0 Å². The average molecular weight is 190 g/mol. The molecule has 1 unspecified atom stereocenters. The smallest absolute Gasteiger partial charge is 0.0780 e. The zero-order valence-corrected chi connectivity index (χ0v) is 9.75. The summed E-state index contributed by atoms with van der Waals surface area (Å²) in [5, 5.41) is 0. The van der Waals surface area contributed by atoms with Gasteiger partial charge < -0.3 is 0 Å². The molecule has 0 bridgehead atoms. The van der Waals surface area contributed by atoms with Crippen molar-refractivity contribution in [3.05, 3.63) is 48.2 Å². The summed E-state index contributed by atoms with van der Waals surface area (Å²) >= 11 is 0. The van der Waals surface area contributed by atoms with Crippen LogP contribution in [0.3, 0.4) is 0 Å². The first-order valence-corrected chi connectivity index (χ1v) is 7.92. The maximum atomic E-state index is 3.94. The van der Waals surface area contributed by atoms with Gasteiger partial charge in [-0.3, -0.25) is 0 Å². The van der Waals surface area contributed by atoms with E-state index in [0.29, 0.717) is 5.54 Å². The van der Waals surface area contributed by atoms with Crippen molar-refractivity contribution in [1.82, 2.24) is 0 Å². The minimum atomic E-state index is -1.26. The normalized spacial score (nSPS) is 13.8. The molecule has 1 aromatic carbocycles. The Labute approximate surface area is 82.3 Å². The lowest BCUT2D eigenvalue weighted by Gasteiger charge is -2.26. The van der Waals surface area contributed by atoms with Gasteiger partial charge in [-0.25, -0.2) is 0 Å². The van der Waals surface area contributed by atoms with Crippen LogP contribution < -0.4 is 0 Å². The molecular weight excluding hydrogens is 172 g/mol. The van der Waals surface area contributed by atoms with E-state index in [-0.39, 0.29) is 0 Å². The lowest BCUT2D eigenvalue weighted by atomic mass is 10.2. The van der Waals surface area contributed by atoms with Crippen LogP contribution in [0, 0.1) is 0 Å². The number of hydrogen-bond acceptors (Lipinski definition) is 0. The van der Waals surface area contributed by atoms with E-state index in [2.05, 4.69) is 62.6 Å². The summed E-state index contributed by atoms with van der Waals surface area (Å²) < 4.78 is 0. The van der Waals surface area contributed by atoms with Crippen LogP contribution in [-0.4, -0.2) is 8.07 Å². The van der Waals surface area contributed by atoms with Gasteiger partial charge in [0.1, 0.15) is 0 Å². The highest BCUT2D eigenvalue weighted by molar-refractivity contribution is 6.83. The maximum absolute atomic E-state index is 3.94. The average Bonchev–Trinajstić information content (AvgIpc) is 2.18. The van der Waals surface area contributed by atoms with Crippen LogP contribution in [0.4, 0.5) is 0 Å². The highest BCUT2D eigenvalue weighted by atomic mass is 28.3. The van der Waals surface area contributed by atoms with Gasteiger partial charge >= 0.3 is 0 Å². The number of hydrogen-bond donors (Lipinski definition) is 0. The van der Waals surface area contributed by atoms with Crippen LogP contribution in [0.2, 0.25) is 13.1 Å². The van der Waals surface area contributed by atoms with Crippen molar-refractivity contribution >= 4 is 8.07 Å². The fourth-order valence-corrected chi connectivity index (χ4v) is 2.75. The molecule has 0 spiro atoms. The molecule has 1 heteroatoms. The molecule has 1 atom stereocenters. The van der Waals surface area contributed by atoms with E-state index in [1.54, 1.807) is 0 Å². The maximum Gasteiger partial charge on any atom is 0.0780 e. The number of rotatable bonds is 3. The van der Waals surface area contributed by atoms with Crippen LogP contribution in [0.5, 0.6) is 0 Å². The summed E-state index contributed by atoms with van der Waals surface area (Å²) in [7, 11) is -1.26. The molecule has 0 radical (unpaired) electrons. The van der Waals surface area contributed by atoms with Crippen LogP contribution in [0.1, 0.15) is 18.0 Å². The van der Waals surface area contributed by atoms with Crippen molar-refractivity contribution in [2.24, 2.45) is 0 Å². The van der Waals surface area contributed by atoms with Gasteiger partial charge in [0.25, 0.3) is 0 Å². The van der Waals surface area contributed by atoms with Crippen LogP contribution in [0.25, 0.3) is 0 Å². The summed E-state index contributed by atoms with van der Waals surface area (Å²) in [6, 6.07) is 10.7. The van der Waals surface area contributed by atoms with Crippen molar-refractivity contribution in [3.8, 4) is 0 Å². The van der Waals surface area contributed by atoms with E-state index in [9.17, 15) is 0 Å². The first kappa shape index (κ1) is 10.3. The second-order valence-corrected chi connectivity index (χ2v) is 9.07. The van der Waals surface area contributed by atoms with Gasteiger partial charge in [-0.05, 0) is 11.1 Å². The second-order valence-electron chi connectivity index (χ2n) is 4.16. The predicted molar refractivity (Wildman–Crippen MR) is 62.5 cm³/mol. The Hall–Kier alpha value is -0.823. The zero-order chi connectivity index (χ0) is 9.90.